The summed E-state index contributed by atoms with van der Waals surface area (Å²) in [4.78, 5) is 95.3. The Balaban J connectivity index is 0.894. The minimum absolute atomic E-state index is 0.0578. The van der Waals surface area contributed by atoms with E-state index < -0.39 is 53.7 Å². The molecule has 6 amide bonds. The molecule has 418 valence electrons. The van der Waals surface area contributed by atoms with Crippen molar-refractivity contribution in [1.82, 2.24) is 20.4 Å². The molecule has 7 rings (SSSR count). The number of unbranched alkanes of at least 4 members (excludes halogenated alkanes) is 5. The molecule has 19 heteroatoms. The number of esters is 1. The Morgan fingerprint density at radius 2 is 1.42 bits per heavy atom. The molecule has 3 aliphatic heterocycles. The van der Waals surface area contributed by atoms with Crippen LogP contribution in [0.5, 0.6) is 34.5 Å². The van der Waals surface area contributed by atoms with Crippen molar-refractivity contribution in [2.24, 2.45) is 0 Å². The highest BCUT2D eigenvalue weighted by molar-refractivity contribution is 6.25. The predicted molar refractivity (Wildman–Crippen MR) is 289 cm³/mol. The highest BCUT2D eigenvalue weighted by Crippen LogP contribution is 2.42. The SMILES string of the molecule is CC[C@H](C(=O)N1CCCC[C@H]1C(=O)OC(CCc1ccc(OC)c(OC)c1)c1cccc(OCC(=O)NCCCCCCCCNc2cccc3c2C(=O)N(C2CCC(=O)NC2=O)C3=O)c1)c1cc(OC)c(OC)c(OC)c1. The number of nitrogens with one attached hydrogen (secondary N) is 3. The number of carbonyl (C=O) groups excluding carboxylic acids is 7. The number of benzene rings is 4. The van der Waals surface area contributed by atoms with Gasteiger partial charge in [0.25, 0.3) is 17.7 Å². The van der Waals surface area contributed by atoms with E-state index in [1.54, 1.807) is 67.7 Å². The van der Waals surface area contributed by atoms with Crippen LogP contribution in [0.4, 0.5) is 5.69 Å². The number of methoxy groups -OCH3 is 5. The van der Waals surface area contributed by atoms with Crippen molar-refractivity contribution in [2.45, 2.75) is 121 Å². The molecule has 2 saturated heterocycles. The van der Waals surface area contributed by atoms with Crippen LogP contribution >= 0.6 is 0 Å². The number of nitrogens with zero attached hydrogens (tertiary/aromatic N) is 2. The van der Waals surface area contributed by atoms with Gasteiger partial charge in [-0.25, -0.2) is 4.79 Å². The van der Waals surface area contributed by atoms with Gasteiger partial charge in [-0.05, 0) is 123 Å². The standard InChI is InChI=1S/C59H73N5O14/c1-7-41(39-34-49(74-4)54(76-6)50(35-39)75-5)56(68)63-31-15-12-22-45(63)59(71)78-46(26-23-37-24-27-47(72-2)48(32-37)73-3)38-18-16-19-40(33-38)77-36-52(66)61-30-14-11-9-8-10-13-29-60-43-21-17-20-42-53(43)58(70)64(57(42)69)44-25-28-51(65)62-55(44)67/h16-21,24,27,32-35,41,44-46,60H,7-15,22-23,25-26,28-31,36H2,1-6H3,(H,61,66)(H,62,65,67)/t41-,44?,45-,46?/m0/s1. The van der Waals surface area contributed by atoms with Crippen LogP contribution in [0.1, 0.15) is 140 Å². The number of imide groups is 2. The van der Waals surface area contributed by atoms with E-state index in [2.05, 4.69) is 16.0 Å². The zero-order chi connectivity index (χ0) is 55.7. The molecule has 0 saturated carbocycles. The summed E-state index contributed by atoms with van der Waals surface area (Å²) in [5, 5.41) is 8.46. The van der Waals surface area contributed by atoms with Gasteiger partial charge in [0.15, 0.2) is 29.6 Å². The molecule has 4 aromatic rings. The average Bonchev–Trinajstić information content (AvgIpc) is 3.79. The van der Waals surface area contributed by atoms with Gasteiger partial charge in [0.05, 0.1) is 52.6 Å². The summed E-state index contributed by atoms with van der Waals surface area (Å²) < 4.78 is 40.2. The van der Waals surface area contributed by atoms with Gasteiger partial charge < -0.3 is 48.7 Å². The lowest BCUT2D eigenvalue weighted by atomic mass is 9.91. The van der Waals surface area contributed by atoms with E-state index in [0.29, 0.717) is 96.6 Å². The van der Waals surface area contributed by atoms with Crippen molar-refractivity contribution < 1.29 is 66.7 Å². The Kier molecular flexibility index (Phi) is 20.8. The van der Waals surface area contributed by atoms with E-state index in [4.69, 9.17) is 33.2 Å². The summed E-state index contributed by atoms with van der Waals surface area (Å²) in [6.45, 7) is 3.19. The van der Waals surface area contributed by atoms with E-state index in [0.717, 1.165) is 61.8 Å². The summed E-state index contributed by atoms with van der Waals surface area (Å²) in [6, 6.07) is 19.6. The Labute approximate surface area is 455 Å². The van der Waals surface area contributed by atoms with Gasteiger partial charge in [0, 0.05) is 31.7 Å². The van der Waals surface area contributed by atoms with Gasteiger partial charge in [-0.15, -0.1) is 0 Å². The molecule has 0 spiro atoms. The summed E-state index contributed by atoms with van der Waals surface area (Å²) in [7, 11) is 7.72. The van der Waals surface area contributed by atoms with Crippen LogP contribution in [-0.4, -0.2) is 125 Å². The number of piperidine rings is 2. The quantitative estimate of drug-likeness (QED) is 0.0279. The second-order valence-corrected chi connectivity index (χ2v) is 19.6. The van der Waals surface area contributed by atoms with Crippen molar-refractivity contribution in [3.63, 3.8) is 0 Å². The van der Waals surface area contributed by atoms with Crippen LogP contribution in [0, 0.1) is 0 Å². The topological polar surface area (TPSA) is 227 Å². The molecule has 19 nitrogen and oxygen atoms in total. The number of carbonyl (C=O) groups is 7. The van der Waals surface area contributed by atoms with Crippen LogP contribution in [0.25, 0.3) is 0 Å². The van der Waals surface area contributed by atoms with Crippen LogP contribution in [0.2, 0.25) is 0 Å². The van der Waals surface area contributed by atoms with E-state index in [1.807, 2.05) is 31.2 Å². The van der Waals surface area contributed by atoms with Gasteiger partial charge in [0.2, 0.25) is 23.5 Å². The van der Waals surface area contributed by atoms with Crippen molar-refractivity contribution in [1.29, 1.82) is 0 Å². The molecule has 2 unspecified atom stereocenters. The second-order valence-electron chi connectivity index (χ2n) is 19.6. The summed E-state index contributed by atoms with van der Waals surface area (Å²) in [5.74, 6) is -0.823. The van der Waals surface area contributed by atoms with Gasteiger partial charge in [-0.1, -0.05) is 56.9 Å². The lowest BCUT2D eigenvalue weighted by molar-refractivity contribution is -0.162. The van der Waals surface area contributed by atoms with Gasteiger partial charge in [0.1, 0.15) is 23.9 Å². The zero-order valence-electron chi connectivity index (χ0n) is 45.6. The molecule has 3 N–H and O–H groups in total. The lowest BCUT2D eigenvalue weighted by Crippen LogP contribution is -2.54. The first-order valence-corrected chi connectivity index (χ1v) is 26.9. The number of hydrogen-bond donors (Lipinski definition) is 3. The highest BCUT2D eigenvalue weighted by Gasteiger charge is 2.46. The monoisotopic (exact) mass is 1080 g/mol. The summed E-state index contributed by atoms with van der Waals surface area (Å²) in [5.41, 5.74) is 3.31. The van der Waals surface area contributed by atoms with Crippen molar-refractivity contribution in [3.05, 3.63) is 101 Å². The lowest BCUT2D eigenvalue weighted by Gasteiger charge is -2.37. The fraction of sp³-hybridized carbons (Fsp3) is 0.475. The number of likely N-dealkylation sites (tertiary alicyclic amines) is 1. The molecule has 3 heterocycles. The maximum absolute atomic E-state index is 14.5. The van der Waals surface area contributed by atoms with E-state index in [1.165, 1.54) is 21.3 Å². The molecule has 3 aliphatic rings. The van der Waals surface area contributed by atoms with Gasteiger partial charge >= 0.3 is 5.97 Å². The molecular formula is C59H73N5O14. The molecular weight excluding hydrogens is 1000 g/mol. The molecule has 0 radical (unpaired) electrons. The summed E-state index contributed by atoms with van der Waals surface area (Å²) >= 11 is 0. The Bertz CT molecular complexity index is 2780. The molecule has 0 aromatic heterocycles. The van der Waals surface area contributed by atoms with Crippen LogP contribution in [0.15, 0.2) is 72.8 Å². The molecule has 78 heavy (non-hydrogen) atoms. The Hall–Kier alpha value is -7.83. The van der Waals surface area contributed by atoms with Crippen molar-refractivity contribution in [2.75, 3.05) is 67.1 Å². The molecule has 4 aromatic carbocycles. The first-order valence-electron chi connectivity index (χ1n) is 26.9. The molecule has 0 aliphatic carbocycles. The highest BCUT2D eigenvalue weighted by atomic mass is 16.5. The summed E-state index contributed by atoms with van der Waals surface area (Å²) in [6.07, 6.45) is 8.12. The number of fused-ring (bicyclic) bond motifs is 1. The minimum Gasteiger partial charge on any atom is -0.493 e. The maximum Gasteiger partial charge on any atom is 0.329 e. The number of anilines is 1. The maximum atomic E-state index is 14.5. The fourth-order valence-electron chi connectivity index (χ4n) is 10.4. The van der Waals surface area contributed by atoms with Crippen LogP contribution in [0.3, 0.4) is 0 Å². The predicted octanol–water partition coefficient (Wildman–Crippen LogP) is 7.87. The molecule has 0 bridgehead atoms. The minimum atomic E-state index is -1.02. The van der Waals surface area contributed by atoms with Gasteiger partial charge in [-0.2, -0.15) is 0 Å². The average molecular weight is 1080 g/mol. The fourth-order valence-corrected chi connectivity index (χ4v) is 10.4. The van der Waals surface area contributed by atoms with Crippen molar-refractivity contribution in [3.8, 4) is 34.5 Å². The number of hydrogen-bond acceptors (Lipinski definition) is 15. The first-order chi connectivity index (χ1) is 37.8. The van der Waals surface area contributed by atoms with Crippen molar-refractivity contribution >= 4 is 47.1 Å². The second kappa shape index (κ2) is 28.0. The number of rotatable bonds is 28. The number of ether oxygens (including phenoxy) is 7. The number of amides is 6. The number of aryl methyl sites for hydroxylation is 1. The molecule has 2 fully saturated rings. The third-order valence-corrected chi connectivity index (χ3v) is 14.6. The van der Waals surface area contributed by atoms with Gasteiger partial charge in [-0.3, -0.25) is 39.0 Å². The normalized spacial score (nSPS) is 16.8. The van der Waals surface area contributed by atoms with E-state index in [-0.39, 0.29) is 42.4 Å². The Morgan fingerprint density at radius 3 is 2.12 bits per heavy atom. The first kappa shape index (κ1) is 57.9. The van der Waals surface area contributed by atoms with E-state index in [9.17, 15) is 33.6 Å². The Morgan fingerprint density at radius 1 is 0.718 bits per heavy atom. The zero-order valence-corrected chi connectivity index (χ0v) is 45.6. The smallest absolute Gasteiger partial charge is 0.329 e. The third kappa shape index (κ3) is 14.0. The van der Waals surface area contributed by atoms with Crippen LogP contribution < -0.4 is 44.4 Å². The third-order valence-electron chi connectivity index (χ3n) is 14.6. The van der Waals surface area contributed by atoms with Crippen LogP contribution in [-0.2, 0) is 35.1 Å². The molecule has 4 atom stereocenters. The largest absolute Gasteiger partial charge is 0.493 e. The van der Waals surface area contributed by atoms with E-state index >= 15 is 0 Å².